The van der Waals surface area contributed by atoms with E-state index in [9.17, 15) is 19.2 Å². The topological polar surface area (TPSA) is 121 Å². The van der Waals surface area contributed by atoms with Crippen molar-refractivity contribution in [3.05, 3.63) is 0 Å². The van der Waals surface area contributed by atoms with Gasteiger partial charge in [-0.05, 0) is 0 Å². The summed E-state index contributed by atoms with van der Waals surface area (Å²) >= 11 is 0. The molecule has 0 spiro atoms. The summed E-state index contributed by atoms with van der Waals surface area (Å²) in [6.45, 7) is 0. The standard InChI is InChI=1S/C8H9NO7/c10-3-4(11)7(14)8(15)16-9-5(12)1-2-6(9)13/h3-4,7,11,14H,1-2H2. The molecule has 0 bridgehead atoms. The van der Waals surface area contributed by atoms with Crippen molar-refractivity contribution in [2.75, 3.05) is 0 Å². The van der Waals surface area contributed by atoms with Gasteiger partial charge in [0.1, 0.15) is 6.10 Å². The molecule has 1 rings (SSSR count). The van der Waals surface area contributed by atoms with Crippen molar-refractivity contribution in [3.8, 4) is 0 Å². The van der Waals surface area contributed by atoms with Crippen LogP contribution in [0.2, 0.25) is 0 Å². The molecule has 0 aromatic rings. The van der Waals surface area contributed by atoms with E-state index in [1.807, 2.05) is 0 Å². The van der Waals surface area contributed by atoms with Crippen molar-refractivity contribution in [1.82, 2.24) is 5.06 Å². The minimum atomic E-state index is -2.13. The first kappa shape index (κ1) is 12.3. The number of amides is 2. The molecule has 88 valence electrons. The number of aliphatic hydroxyl groups is 2. The Morgan fingerprint density at radius 2 is 1.81 bits per heavy atom. The second-order valence-electron chi connectivity index (χ2n) is 3.06. The summed E-state index contributed by atoms with van der Waals surface area (Å²) in [5.74, 6) is -2.87. The van der Waals surface area contributed by atoms with Crippen molar-refractivity contribution in [2.45, 2.75) is 25.0 Å². The molecular formula is C8H9NO7. The molecule has 2 atom stereocenters. The maximum atomic E-state index is 11.1. The lowest BCUT2D eigenvalue weighted by molar-refractivity contribution is -0.206. The van der Waals surface area contributed by atoms with Crippen molar-refractivity contribution in [1.29, 1.82) is 0 Å². The normalized spacial score (nSPS) is 19.5. The number of nitrogens with zero attached hydrogens (tertiary/aromatic N) is 1. The van der Waals surface area contributed by atoms with Gasteiger partial charge in [0.25, 0.3) is 11.8 Å². The Balaban J connectivity index is 2.60. The molecule has 1 saturated heterocycles. The number of carbonyl (C=O) groups excluding carboxylic acids is 4. The second-order valence-corrected chi connectivity index (χ2v) is 3.06. The molecular weight excluding hydrogens is 222 g/mol. The molecule has 2 amide bonds. The molecule has 1 aliphatic rings. The number of imide groups is 1. The lowest BCUT2D eigenvalue weighted by atomic mass is 10.2. The van der Waals surface area contributed by atoms with Gasteiger partial charge < -0.3 is 19.8 Å². The van der Waals surface area contributed by atoms with Crippen molar-refractivity contribution in [3.63, 3.8) is 0 Å². The molecule has 8 heteroatoms. The molecule has 0 aromatic heterocycles. The number of rotatable bonds is 4. The zero-order chi connectivity index (χ0) is 12.3. The van der Waals surface area contributed by atoms with Gasteiger partial charge in [-0.25, -0.2) is 4.79 Å². The highest BCUT2D eigenvalue weighted by Gasteiger charge is 2.36. The van der Waals surface area contributed by atoms with E-state index < -0.39 is 30.0 Å². The van der Waals surface area contributed by atoms with Gasteiger partial charge in [0, 0.05) is 12.8 Å². The highest BCUT2D eigenvalue weighted by atomic mass is 16.7. The number of hydrogen-bond donors (Lipinski definition) is 2. The zero-order valence-electron chi connectivity index (χ0n) is 8.03. The highest BCUT2D eigenvalue weighted by molar-refractivity contribution is 6.01. The van der Waals surface area contributed by atoms with Crippen LogP contribution in [0.1, 0.15) is 12.8 Å². The van der Waals surface area contributed by atoms with Crippen LogP contribution in [0.25, 0.3) is 0 Å². The van der Waals surface area contributed by atoms with E-state index >= 15 is 0 Å². The maximum Gasteiger partial charge on any atom is 0.364 e. The van der Waals surface area contributed by atoms with Crippen LogP contribution in [0.4, 0.5) is 0 Å². The van der Waals surface area contributed by atoms with E-state index in [0.717, 1.165) is 0 Å². The van der Waals surface area contributed by atoms with Gasteiger partial charge in [-0.2, -0.15) is 0 Å². The number of aliphatic hydroxyl groups excluding tert-OH is 2. The highest BCUT2D eigenvalue weighted by Crippen LogP contribution is 2.12. The number of carbonyl (C=O) groups is 4. The Hall–Kier alpha value is -1.80. The van der Waals surface area contributed by atoms with E-state index in [1.54, 1.807) is 0 Å². The zero-order valence-corrected chi connectivity index (χ0v) is 8.03. The molecule has 2 N–H and O–H groups in total. The molecule has 1 heterocycles. The maximum absolute atomic E-state index is 11.1. The van der Waals surface area contributed by atoms with Gasteiger partial charge in [0.15, 0.2) is 12.4 Å². The number of hydrogen-bond acceptors (Lipinski definition) is 7. The summed E-state index contributed by atoms with van der Waals surface area (Å²) < 4.78 is 0. The van der Waals surface area contributed by atoms with E-state index in [4.69, 9.17) is 10.2 Å². The lowest BCUT2D eigenvalue weighted by Gasteiger charge is -2.16. The van der Waals surface area contributed by atoms with Crippen LogP contribution in [-0.4, -0.2) is 51.6 Å². The Labute approximate surface area is 89.3 Å². The Morgan fingerprint density at radius 1 is 1.31 bits per heavy atom. The number of hydroxylamine groups is 2. The molecule has 0 saturated carbocycles. The van der Waals surface area contributed by atoms with E-state index in [2.05, 4.69) is 4.84 Å². The van der Waals surface area contributed by atoms with Crippen LogP contribution in [0.5, 0.6) is 0 Å². The van der Waals surface area contributed by atoms with Crippen LogP contribution in [-0.2, 0) is 24.0 Å². The molecule has 1 aliphatic heterocycles. The fraction of sp³-hybridized carbons (Fsp3) is 0.500. The van der Waals surface area contributed by atoms with Crippen LogP contribution < -0.4 is 0 Å². The van der Waals surface area contributed by atoms with Crippen LogP contribution in [0.15, 0.2) is 0 Å². The van der Waals surface area contributed by atoms with Gasteiger partial charge in [-0.1, -0.05) is 0 Å². The van der Waals surface area contributed by atoms with Crippen molar-refractivity contribution < 1.29 is 34.2 Å². The van der Waals surface area contributed by atoms with Gasteiger partial charge in [0.05, 0.1) is 0 Å². The molecule has 1 fully saturated rings. The van der Waals surface area contributed by atoms with Gasteiger partial charge in [-0.3, -0.25) is 9.59 Å². The first-order valence-electron chi connectivity index (χ1n) is 4.36. The van der Waals surface area contributed by atoms with Crippen molar-refractivity contribution >= 4 is 24.1 Å². The predicted molar refractivity (Wildman–Crippen MR) is 45.3 cm³/mol. The van der Waals surface area contributed by atoms with E-state index in [-0.39, 0.29) is 24.2 Å². The van der Waals surface area contributed by atoms with Crippen LogP contribution in [0.3, 0.4) is 0 Å². The predicted octanol–water partition coefficient (Wildman–Crippen LogP) is -2.49. The third kappa shape index (κ3) is 2.41. The lowest BCUT2D eigenvalue weighted by Crippen LogP contribution is -2.41. The van der Waals surface area contributed by atoms with Crippen LogP contribution >= 0.6 is 0 Å². The minimum Gasteiger partial charge on any atom is -0.382 e. The van der Waals surface area contributed by atoms with Crippen LogP contribution in [0, 0.1) is 0 Å². The summed E-state index contributed by atoms with van der Waals surface area (Å²) in [5, 5.41) is 18.0. The number of aldehydes is 1. The average molecular weight is 231 g/mol. The first-order chi connectivity index (χ1) is 7.47. The van der Waals surface area contributed by atoms with Crippen molar-refractivity contribution in [2.24, 2.45) is 0 Å². The minimum absolute atomic E-state index is 0.0699. The van der Waals surface area contributed by atoms with Gasteiger partial charge in [-0.15, -0.1) is 5.06 Å². The molecule has 16 heavy (non-hydrogen) atoms. The van der Waals surface area contributed by atoms with E-state index in [1.165, 1.54) is 0 Å². The third-order valence-corrected chi connectivity index (χ3v) is 1.89. The third-order valence-electron chi connectivity index (χ3n) is 1.89. The summed E-state index contributed by atoms with van der Waals surface area (Å²) in [6, 6.07) is 0. The molecule has 0 aromatic carbocycles. The Kier molecular flexibility index (Phi) is 3.69. The molecule has 8 nitrogen and oxygen atoms in total. The second kappa shape index (κ2) is 4.81. The summed E-state index contributed by atoms with van der Waals surface area (Å²) in [4.78, 5) is 47.3. The average Bonchev–Trinajstić information content (AvgIpc) is 2.58. The largest absolute Gasteiger partial charge is 0.382 e. The SMILES string of the molecule is O=CC(O)C(O)C(=O)ON1C(=O)CCC1=O. The summed E-state index contributed by atoms with van der Waals surface area (Å²) in [5.41, 5.74) is 0. The smallest absolute Gasteiger partial charge is 0.364 e. The first-order valence-corrected chi connectivity index (χ1v) is 4.36. The molecule has 2 unspecified atom stereocenters. The Bertz CT molecular complexity index is 323. The Morgan fingerprint density at radius 3 is 2.25 bits per heavy atom. The quantitative estimate of drug-likeness (QED) is 0.405. The van der Waals surface area contributed by atoms with Gasteiger partial charge >= 0.3 is 5.97 Å². The van der Waals surface area contributed by atoms with E-state index in [0.29, 0.717) is 0 Å². The fourth-order valence-corrected chi connectivity index (χ4v) is 1.02. The fourth-order valence-electron chi connectivity index (χ4n) is 1.02. The summed E-state index contributed by atoms with van der Waals surface area (Å²) in [7, 11) is 0. The summed E-state index contributed by atoms with van der Waals surface area (Å²) in [6.07, 6.45) is -4.32. The molecule has 0 radical (unpaired) electrons. The molecule has 0 aliphatic carbocycles. The van der Waals surface area contributed by atoms with Gasteiger partial charge in [0.2, 0.25) is 0 Å². The monoisotopic (exact) mass is 231 g/mol.